The van der Waals surface area contributed by atoms with Gasteiger partial charge in [0.25, 0.3) is 0 Å². The van der Waals surface area contributed by atoms with Crippen molar-refractivity contribution in [3.63, 3.8) is 0 Å². The van der Waals surface area contributed by atoms with Crippen molar-refractivity contribution in [1.29, 1.82) is 0 Å². The minimum atomic E-state index is 0.459. The van der Waals surface area contributed by atoms with E-state index >= 15 is 0 Å². The van der Waals surface area contributed by atoms with Crippen molar-refractivity contribution in [2.75, 3.05) is 20.2 Å². The lowest BCUT2D eigenvalue weighted by Crippen LogP contribution is -2.44. The Morgan fingerprint density at radius 3 is 2.12 bits per heavy atom. The number of hydrogen-bond acceptors (Lipinski definition) is 3. The highest BCUT2D eigenvalue weighted by Crippen LogP contribution is 2.29. The topological polar surface area (TPSA) is 21.7 Å². The third-order valence-corrected chi connectivity index (χ3v) is 3.98. The maximum Gasteiger partial charge on any atom is 0.0628 e. The fourth-order valence-electron chi connectivity index (χ4n) is 2.62. The van der Waals surface area contributed by atoms with Crippen molar-refractivity contribution in [1.82, 2.24) is 4.90 Å². The number of nitrogens with zero attached hydrogens (tertiary/aromatic N) is 1. The summed E-state index contributed by atoms with van der Waals surface area (Å²) in [4.78, 5) is 2.54. The molecule has 0 bridgehead atoms. The number of likely N-dealkylation sites (tertiary alicyclic amines) is 1. The Morgan fingerprint density at radius 1 is 1.00 bits per heavy atom. The Hall–Kier alpha value is -0.120. The first-order chi connectivity index (χ1) is 7.69. The zero-order valence-corrected chi connectivity index (χ0v) is 10.8. The monoisotopic (exact) mass is 227 g/mol. The van der Waals surface area contributed by atoms with E-state index in [-0.39, 0.29) is 0 Å². The molecule has 2 fully saturated rings. The van der Waals surface area contributed by atoms with Gasteiger partial charge in [0.05, 0.1) is 18.3 Å². The summed E-state index contributed by atoms with van der Waals surface area (Å²) in [6.45, 7) is 6.94. The van der Waals surface area contributed by atoms with Gasteiger partial charge in [-0.05, 0) is 39.5 Å². The van der Waals surface area contributed by atoms with Crippen LogP contribution in [0.3, 0.4) is 0 Å². The molecule has 1 saturated heterocycles. The van der Waals surface area contributed by atoms with E-state index in [1.54, 1.807) is 7.11 Å². The molecule has 0 radical (unpaired) electrons. The van der Waals surface area contributed by atoms with Gasteiger partial charge in [0.1, 0.15) is 0 Å². The van der Waals surface area contributed by atoms with Gasteiger partial charge in [0, 0.05) is 26.2 Å². The zero-order valence-electron chi connectivity index (χ0n) is 10.8. The fraction of sp³-hybridized carbons (Fsp3) is 1.00. The van der Waals surface area contributed by atoms with Crippen molar-refractivity contribution in [2.24, 2.45) is 0 Å². The second kappa shape index (κ2) is 5.48. The average Bonchev–Trinajstić information content (AvgIpc) is 2.23. The van der Waals surface area contributed by atoms with Crippen LogP contribution in [0.15, 0.2) is 0 Å². The van der Waals surface area contributed by atoms with Crippen LogP contribution in [-0.2, 0) is 9.47 Å². The molecule has 1 aliphatic carbocycles. The van der Waals surface area contributed by atoms with Crippen molar-refractivity contribution in [2.45, 2.75) is 63.9 Å². The summed E-state index contributed by atoms with van der Waals surface area (Å²) in [7, 11) is 1.79. The fourth-order valence-corrected chi connectivity index (χ4v) is 2.62. The molecule has 0 N–H and O–H groups in total. The van der Waals surface area contributed by atoms with Crippen LogP contribution < -0.4 is 0 Å². The van der Waals surface area contributed by atoms with Gasteiger partial charge in [-0.3, -0.25) is 0 Å². The normalized spacial score (nSPS) is 33.0. The number of piperidine rings is 1. The standard InChI is InChI=1S/C13H25NO2/c1-10(2)14-6-4-11(5-7-14)16-13-8-12(9-13)15-3/h10-13H,4-9H2,1-3H3/t12-,13-. The Balaban J connectivity index is 1.63. The summed E-state index contributed by atoms with van der Waals surface area (Å²) in [6, 6.07) is 0.683. The van der Waals surface area contributed by atoms with Crippen molar-refractivity contribution in [3.8, 4) is 0 Å². The zero-order chi connectivity index (χ0) is 11.5. The van der Waals surface area contributed by atoms with E-state index in [0.29, 0.717) is 24.4 Å². The number of ether oxygens (including phenoxy) is 2. The SMILES string of the molecule is CO[C@H]1C[C@H](OC2CCN(C(C)C)CC2)C1. The third kappa shape index (κ3) is 2.96. The predicted octanol–water partition coefficient (Wildman–Crippen LogP) is 2.05. The highest BCUT2D eigenvalue weighted by atomic mass is 16.5. The van der Waals surface area contributed by atoms with Gasteiger partial charge >= 0.3 is 0 Å². The smallest absolute Gasteiger partial charge is 0.0628 e. The Morgan fingerprint density at radius 2 is 1.62 bits per heavy atom. The van der Waals surface area contributed by atoms with Crippen LogP contribution in [0.25, 0.3) is 0 Å². The third-order valence-electron chi connectivity index (χ3n) is 3.98. The number of hydrogen-bond donors (Lipinski definition) is 0. The molecule has 0 amide bonds. The maximum absolute atomic E-state index is 6.08. The second-order valence-electron chi connectivity index (χ2n) is 5.42. The maximum atomic E-state index is 6.08. The molecule has 2 rings (SSSR count). The molecule has 0 spiro atoms. The van der Waals surface area contributed by atoms with E-state index in [4.69, 9.17) is 9.47 Å². The molecule has 3 heteroatoms. The average molecular weight is 227 g/mol. The van der Waals surface area contributed by atoms with Crippen LogP contribution in [-0.4, -0.2) is 49.5 Å². The van der Waals surface area contributed by atoms with Crippen molar-refractivity contribution < 1.29 is 9.47 Å². The van der Waals surface area contributed by atoms with Gasteiger partial charge in [-0.25, -0.2) is 0 Å². The van der Waals surface area contributed by atoms with E-state index in [1.165, 1.54) is 25.9 Å². The molecular formula is C13H25NO2. The first-order valence-electron chi connectivity index (χ1n) is 6.61. The van der Waals surface area contributed by atoms with E-state index < -0.39 is 0 Å². The summed E-state index contributed by atoms with van der Waals surface area (Å²) in [5, 5.41) is 0. The van der Waals surface area contributed by atoms with Gasteiger partial charge in [-0.15, -0.1) is 0 Å². The second-order valence-corrected chi connectivity index (χ2v) is 5.42. The summed E-state index contributed by atoms with van der Waals surface area (Å²) in [5.74, 6) is 0. The molecule has 1 saturated carbocycles. The van der Waals surface area contributed by atoms with Crippen LogP contribution in [0.4, 0.5) is 0 Å². The Kier molecular flexibility index (Phi) is 4.22. The molecule has 16 heavy (non-hydrogen) atoms. The van der Waals surface area contributed by atoms with Crippen LogP contribution in [0.1, 0.15) is 39.5 Å². The van der Waals surface area contributed by atoms with Crippen LogP contribution in [0.2, 0.25) is 0 Å². The van der Waals surface area contributed by atoms with E-state index in [2.05, 4.69) is 18.7 Å². The van der Waals surface area contributed by atoms with Crippen LogP contribution in [0, 0.1) is 0 Å². The van der Waals surface area contributed by atoms with Crippen molar-refractivity contribution in [3.05, 3.63) is 0 Å². The first kappa shape index (κ1) is 12.3. The quantitative estimate of drug-likeness (QED) is 0.734. The highest BCUT2D eigenvalue weighted by Gasteiger charge is 2.32. The molecule has 0 atom stereocenters. The lowest BCUT2D eigenvalue weighted by molar-refractivity contribution is -0.127. The number of rotatable bonds is 4. The van der Waals surface area contributed by atoms with E-state index in [1.807, 2.05) is 0 Å². The Bertz CT molecular complexity index is 206. The van der Waals surface area contributed by atoms with Crippen molar-refractivity contribution >= 4 is 0 Å². The molecule has 3 nitrogen and oxygen atoms in total. The predicted molar refractivity (Wildman–Crippen MR) is 64.6 cm³/mol. The van der Waals surface area contributed by atoms with Gasteiger partial charge in [0.2, 0.25) is 0 Å². The molecule has 0 aromatic rings. The van der Waals surface area contributed by atoms with Gasteiger partial charge < -0.3 is 14.4 Å². The molecule has 2 aliphatic rings. The summed E-state index contributed by atoms with van der Waals surface area (Å²) in [5.41, 5.74) is 0. The minimum absolute atomic E-state index is 0.459. The molecular weight excluding hydrogens is 202 g/mol. The van der Waals surface area contributed by atoms with E-state index in [0.717, 1.165) is 12.8 Å². The molecule has 0 aromatic heterocycles. The van der Waals surface area contributed by atoms with Crippen LogP contribution >= 0.6 is 0 Å². The van der Waals surface area contributed by atoms with Crippen LogP contribution in [0.5, 0.6) is 0 Å². The van der Waals surface area contributed by atoms with Gasteiger partial charge in [0.15, 0.2) is 0 Å². The summed E-state index contributed by atoms with van der Waals surface area (Å²) < 4.78 is 11.3. The highest BCUT2D eigenvalue weighted by molar-refractivity contribution is 4.83. The van der Waals surface area contributed by atoms with E-state index in [9.17, 15) is 0 Å². The summed E-state index contributed by atoms with van der Waals surface area (Å²) in [6.07, 6.45) is 6.03. The Labute approximate surface area is 99.1 Å². The molecule has 0 aromatic carbocycles. The first-order valence-corrected chi connectivity index (χ1v) is 6.61. The minimum Gasteiger partial charge on any atom is -0.381 e. The summed E-state index contributed by atoms with van der Waals surface area (Å²) >= 11 is 0. The lowest BCUT2D eigenvalue weighted by Gasteiger charge is -2.40. The van der Waals surface area contributed by atoms with Gasteiger partial charge in [-0.1, -0.05) is 0 Å². The molecule has 1 aliphatic heterocycles. The van der Waals surface area contributed by atoms with Gasteiger partial charge in [-0.2, -0.15) is 0 Å². The molecule has 0 unspecified atom stereocenters. The molecule has 94 valence electrons. The molecule has 1 heterocycles. The number of methoxy groups -OCH3 is 1. The lowest BCUT2D eigenvalue weighted by atomic mass is 9.91. The largest absolute Gasteiger partial charge is 0.381 e.